The van der Waals surface area contributed by atoms with E-state index in [-0.39, 0.29) is 0 Å². The Hall–Kier alpha value is -2.90. The maximum atomic E-state index is 11.8. The summed E-state index contributed by atoms with van der Waals surface area (Å²) in [5.74, 6) is -0.777. The van der Waals surface area contributed by atoms with Crippen LogP contribution in [0.3, 0.4) is 0 Å². The number of hydrogen-bond donors (Lipinski definition) is 1. The number of aromatic nitrogens is 3. The summed E-state index contributed by atoms with van der Waals surface area (Å²) in [5, 5.41) is 19.1. The van der Waals surface area contributed by atoms with Gasteiger partial charge in [-0.15, -0.1) is 15.0 Å². The van der Waals surface area contributed by atoms with Gasteiger partial charge < -0.3 is 9.84 Å². The average molecular weight is 459 g/mol. The molecule has 1 unspecified atom stereocenters. The molecule has 0 aliphatic carbocycles. The van der Waals surface area contributed by atoms with Crippen molar-refractivity contribution in [2.75, 3.05) is 0 Å². The zero-order valence-electron chi connectivity index (χ0n) is 14.3. The van der Waals surface area contributed by atoms with Gasteiger partial charge in [0, 0.05) is 15.1 Å². The van der Waals surface area contributed by atoms with E-state index in [1.165, 1.54) is 4.80 Å². The number of hydrogen-bond acceptors (Lipinski definition) is 4. The number of aliphatic carboxylic acids is 1. The molecule has 140 valence electrons. The van der Waals surface area contributed by atoms with E-state index in [9.17, 15) is 9.90 Å². The summed E-state index contributed by atoms with van der Waals surface area (Å²) in [7, 11) is 0. The number of carboxylic acids is 1. The van der Waals surface area contributed by atoms with Crippen LogP contribution in [0, 0.1) is 0 Å². The second-order valence-corrected chi connectivity index (χ2v) is 7.33. The van der Waals surface area contributed by atoms with Crippen molar-refractivity contribution < 1.29 is 14.6 Å². The third-order valence-electron chi connectivity index (χ3n) is 4.06. The summed E-state index contributed by atoms with van der Waals surface area (Å²) in [4.78, 5) is 13.3. The zero-order valence-corrected chi connectivity index (χ0v) is 16.6. The van der Waals surface area contributed by atoms with Gasteiger partial charge in [0.05, 0.1) is 0 Å². The van der Waals surface area contributed by atoms with Gasteiger partial charge in [-0.2, -0.15) is 0 Å². The molecule has 0 radical (unpaired) electrons. The molecule has 3 aromatic carbocycles. The van der Waals surface area contributed by atoms with E-state index in [1.54, 1.807) is 42.5 Å². The van der Waals surface area contributed by atoms with Gasteiger partial charge in [-0.05, 0) is 42.5 Å². The first-order valence-corrected chi connectivity index (χ1v) is 9.45. The third-order valence-corrected chi connectivity index (χ3v) is 4.81. The Morgan fingerprint density at radius 1 is 1.04 bits per heavy atom. The molecule has 1 aromatic heterocycles. The Labute approximate surface area is 173 Å². The first kappa shape index (κ1) is 18.5. The Kier molecular flexibility index (Phi) is 5.02. The van der Waals surface area contributed by atoms with Crippen LogP contribution >= 0.6 is 27.5 Å². The van der Waals surface area contributed by atoms with Crippen molar-refractivity contribution in [2.45, 2.75) is 6.10 Å². The summed E-state index contributed by atoms with van der Waals surface area (Å²) in [6.45, 7) is 0. The number of benzene rings is 3. The molecular formula is C20H13BrClN3O3. The molecule has 0 spiro atoms. The van der Waals surface area contributed by atoms with E-state index in [2.05, 4.69) is 26.1 Å². The van der Waals surface area contributed by atoms with Gasteiger partial charge in [0.15, 0.2) is 0 Å². The first-order valence-electron chi connectivity index (χ1n) is 8.28. The Morgan fingerprint density at radius 2 is 1.68 bits per heavy atom. The standard InChI is InChI=1S/C20H13BrClN3O3/c21-13-7-10-18(28-19(20(26)27)12-5-8-14(22)9-6-12)17(11-13)25-23-15-3-1-2-4-16(15)24-25/h1-11,19H,(H,26,27). The number of fused-ring (bicyclic) bond motifs is 1. The topological polar surface area (TPSA) is 77.2 Å². The van der Waals surface area contributed by atoms with Crippen molar-refractivity contribution in [3.05, 3.63) is 81.8 Å². The van der Waals surface area contributed by atoms with Crippen molar-refractivity contribution in [2.24, 2.45) is 0 Å². The second kappa shape index (κ2) is 7.61. The van der Waals surface area contributed by atoms with Crippen LogP contribution in [-0.4, -0.2) is 26.1 Å². The smallest absolute Gasteiger partial charge is 0.349 e. The molecule has 1 atom stereocenters. The number of ether oxygens (including phenoxy) is 1. The molecule has 4 aromatic rings. The van der Waals surface area contributed by atoms with E-state index in [0.717, 1.165) is 15.5 Å². The monoisotopic (exact) mass is 457 g/mol. The summed E-state index contributed by atoms with van der Waals surface area (Å²) < 4.78 is 6.66. The van der Waals surface area contributed by atoms with Crippen LogP contribution in [0.25, 0.3) is 16.7 Å². The Bertz CT molecular complexity index is 1130. The van der Waals surface area contributed by atoms with Crippen LogP contribution in [-0.2, 0) is 4.79 Å². The summed E-state index contributed by atoms with van der Waals surface area (Å²) >= 11 is 9.33. The molecule has 0 bridgehead atoms. The van der Waals surface area contributed by atoms with Crippen LogP contribution in [0.2, 0.25) is 5.02 Å². The highest BCUT2D eigenvalue weighted by Crippen LogP contribution is 2.31. The molecule has 0 saturated carbocycles. The minimum atomic E-state index is -1.21. The molecule has 8 heteroatoms. The molecule has 4 rings (SSSR count). The van der Waals surface area contributed by atoms with Crippen LogP contribution in [0.4, 0.5) is 0 Å². The van der Waals surface area contributed by atoms with Crippen molar-refractivity contribution in [1.82, 2.24) is 15.0 Å². The molecule has 0 aliphatic heterocycles. The van der Waals surface area contributed by atoms with Gasteiger partial charge in [-0.25, -0.2) is 4.79 Å². The van der Waals surface area contributed by atoms with Gasteiger partial charge in [-0.1, -0.05) is 51.8 Å². The van der Waals surface area contributed by atoms with Crippen molar-refractivity contribution in [3.8, 4) is 11.4 Å². The number of nitrogens with zero attached hydrogens (tertiary/aromatic N) is 3. The molecule has 0 aliphatic rings. The van der Waals surface area contributed by atoms with Crippen molar-refractivity contribution >= 4 is 44.5 Å². The summed E-state index contributed by atoms with van der Waals surface area (Å²) in [5.41, 5.74) is 2.44. The largest absolute Gasteiger partial charge is 0.478 e. The van der Waals surface area contributed by atoms with E-state index < -0.39 is 12.1 Å². The summed E-state index contributed by atoms with van der Waals surface area (Å²) in [6, 6.07) is 19.2. The lowest BCUT2D eigenvalue weighted by Gasteiger charge is -2.18. The maximum absolute atomic E-state index is 11.8. The highest BCUT2D eigenvalue weighted by Gasteiger charge is 2.24. The van der Waals surface area contributed by atoms with E-state index in [0.29, 0.717) is 22.0 Å². The predicted octanol–water partition coefficient (Wildman–Crippen LogP) is 5.04. The molecule has 28 heavy (non-hydrogen) atoms. The highest BCUT2D eigenvalue weighted by molar-refractivity contribution is 9.10. The Morgan fingerprint density at radius 3 is 2.29 bits per heavy atom. The SMILES string of the molecule is O=C(O)C(Oc1ccc(Br)cc1-n1nc2ccccc2n1)c1ccc(Cl)cc1. The Balaban J connectivity index is 1.77. The van der Waals surface area contributed by atoms with Crippen LogP contribution in [0.5, 0.6) is 5.75 Å². The normalized spacial score (nSPS) is 12.1. The van der Waals surface area contributed by atoms with Crippen LogP contribution in [0.1, 0.15) is 11.7 Å². The lowest BCUT2D eigenvalue weighted by Crippen LogP contribution is -2.19. The molecule has 0 saturated heterocycles. The lowest BCUT2D eigenvalue weighted by molar-refractivity contribution is -0.145. The fraction of sp³-hybridized carbons (Fsp3) is 0.0500. The third kappa shape index (κ3) is 3.72. The average Bonchev–Trinajstić information content (AvgIpc) is 3.11. The molecule has 0 fully saturated rings. The van der Waals surface area contributed by atoms with Gasteiger partial charge in [0.25, 0.3) is 0 Å². The molecular weight excluding hydrogens is 446 g/mol. The molecule has 6 nitrogen and oxygen atoms in total. The first-order chi connectivity index (χ1) is 13.5. The van der Waals surface area contributed by atoms with Crippen molar-refractivity contribution in [3.63, 3.8) is 0 Å². The molecule has 1 heterocycles. The van der Waals surface area contributed by atoms with Crippen LogP contribution < -0.4 is 4.74 Å². The minimum Gasteiger partial charge on any atom is -0.478 e. The minimum absolute atomic E-state index is 0.339. The number of rotatable bonds is 5. The second-order valence-electron chi connectivity index (χ2n) is 5.98. The fourth-order valence-corrected chi connectivity index (χ4v) is 3.21. The van der Waals surface area contributed by atoms with Crippen molar-refractivity contribution in [1.29, 1.82) is 0 Å². The van der Waals surface area contributed by atoms with Gasteiger partial charge in [0.2, 0.25) is 6.10 Å². The van der Waals surface area contributed by atoms with E-state index >= 15 is 0 Å². The number of carbonyl (C=O) groups is 1. The lowest BCUT2D eigenvalue weighted by atomic mass is 10.1. The predicted molar refractivity (Wildman–Crippen MR) is 109 cm³/mol. The molecule has 1 N–H and O–H groups in total. The highest BCUT2D eigenvalue weighted by atomic mass is 79.9. The van der Waals surface area contributed by atoms with E-state index in [1.807, 2.05) is 24.3 Å². The zero-order chi connectivity index (χ0) is 19.7. The quantitative estimate of drug-likeness (QED) is 0.453. The van der Waals surface area contributed by atoms with Gasteiger partial charge in [0.1, 0.15) is 22.5 Å². The van der Waals surface area contributed by atoms with Gasteiger partial charge in [-0.3, -0.25) is 0 Å². The number of carboxylic acid groups (broad SMARTS) is 1. The fourth-order valence-electron chi connectivity index (χ4n) is 2.74. The summed E-state index contributed by atoms with van der Waals surface area (Å²) in [6.07, 6.45) is -1.21. The maximum Gasteiger partial charge on any atom is 0.349 e. The number of halogens is 2. The van der Waals surface area contributed by atoms with E-state index in [4.69, 9.17) is 16.3 Å². The molecule has 0 amide bonds. The van der Waals surface area contributed by atoms with Gasteiger partial charge >= 0.3 is 5.97 Å². The van der Waals surface area contributed by atoms with Crippen LogP contribution in [0.15, 0.2) is 71.2 Å².